The maximum absolute atomic E-state index is 11.8. The molecule has 0 spiro atoms. The average Bonchev–Trinajstić information content (AvgIpc) is 2.71. The first-order chi connectivity index (χ1) is 8.40. The number of nitrogens with two attached hydrogens (primary N) is 1. The molecule has 0 aromatic rings. The van der Waals surface area contributed by atoms with E-state index in [0.29, 0.717) is 30.2 Å². The molecule has 0 radical (unpaired) electrons. The van der Waals surface area contributed by atoms with Gasteiger partial charge < -0.3 is 10.6 Å². The molecular weight excluding hydrogens is 248 g/mol. The molecular formula is C13H26N2O2S. The van der Waals surface area contributed by atoms with Crippen LogP contribution in [0.15, 0.2) is 0 Å². The highest BCUT2D eigenvalue weighted by atomic mass is 32.2. The van der Waals surface area contributed by atoms with E-state index in [2.05, 4.69) is 4.90 Å². The third-order valence-electron chi connectivity index (χ3n) is 4.64. The maximum atomic E-state index is 11.8. The Kier molecular flexibility index (Phi) is 4.34. The van der Waals surface area contributed by atoms with Gasteiger partial charge in [-0.3, -0.25) is 0 Å². The lowest BCUT2D eigenvalue weighted by Crippen LogP contribution is -2.38. The molecule has 0 aromatic heterocycles. The third-order valence-corrected chi connectivity index (χ3v) is 6.83. The van der Waals surface area contributed by atoms with Crippen molar-refractivity contribution in [3.8, 4) is 0 Å². The highest BCUT2D eigenvalue weighted by Gasteiger charge is 2.38. The van der Waals surface area contributed by atoms with E-state index in [4.69, 9.17) is 5.73 Å². The Labute approximate surface area is 111 Å². The van der Waals surface area contributed by atoms with E-state index < -0.39 is 9.84 Å². The van der Waals surface area contributed by atoms with Gasteiger partial charge in [-0.25, -0.2) is 8.42 Å². The Morgan fingerprint density at radius 2 is 2.00 bits per heavy atom. The van der Waals surface area contributed by atoms with Crippen molar-refractivity contribution < 1.29 is 8.42 Å². The van der Waals surface area contributed by atoms with Crippen LogP contribution in [0.25, 0.3) is 0 Å². The monoisotopic (exact) mass is 274 g/mol. The van der Waals surface area contributed by atoms with Gasteiger partial charge in [-0.05, 0) is 38.5 Å². The van der Waals surface area contributed by atoms with E-state index in [9.17, 15) is 8.42 Å². The van der Waals surface area contributed by atoms with Gasteiger partial charge in [0.05, 0.1) is 11.0 Å². The molecule has 1 saturated heterocycles. The minimum atomic E-state index is -2.90. The van der Waals surface area contributed by atoms with Crippen LogP contribution in [0, 0.1) is 11.8 Å². The molecule has 1 heterocycles. The zero-order chi connectivity index (χ0) is 13.3. The van der Waals surface area contributed by atoms with Crippen LogP contribution in [0.1, 0.15) is 33.1 Å². The topological polar surface area (TPSA) is 63.4 Å². The molecule has 0 bridgehead atoms. The van der Waals surface area contributed by atoms with Crippen LogP contribution >= 0.6 is 0 Å². The number of hydrogen-bond donors (Lipinski definition) is 1. The quantitative estimate of drug-likeness (QED) is 0.826. The van der Waals surface area contributed by atoms with E-state index in [-0.39, 0.29) is 5.25 Å². The molecule has 3 atom stereocenters. The molecule has 2 fully saturated rings. The lowest BCUT2D eigenvalue weighted by Gasteiger charge is -2.29. The number of likely N-dealkylation sites (tertiary alicyclic amines) is 1. The highest BCUT2D eigenvalue weighted by molar-refractivity contribution is 7.92. The molecule has 2 rings (SSSR count). The first-order valence-electron chi connectivity index (χ1n) is 7.09. The van der Waals surface area contributed by atoms with Gasteiger partial charge in [-0.15, -0.1) is 0 Å². The SMILES string of the molecule is CC(C)S(=O)(=O)CCN1CC2CCCC(N)C2C1. The van der Waals surface area contributed by atoms with Crippen molar-refractivity contribution in [2.75, 3.05) is 25.4 Å². The van der Waals surface area contributed by atoms with Crippen LogP contribution in [0.4, 0.5) is 0 Å². The van der Waals surface area contributed by atoms with Crippen LogP contribution in [0.2, 0.25) is 0 Å². The molecule has 1 aliphatic heterocycles. The van der Waals surface area contributed by atoms with Crippen molar-refractivity contribution in [2.24, 2.45) is 17.6 Å². The van der Waals surface area contributed by atoms with Crippen molar-refractivity contribution in [1.29, 1.82) is 0 Å². The molecule has 2 N–H and O–H groups in total. The summed E-state index contributed by atoms with van der Waals surface area (Å²) in [5.74, 6) is 1.59. The van der Waals surface area contributed by atoms with Crippen molar-refractivity contribution >= 4 is 9.84 Å². The zero-order valence-electron chi connectivity index (χ0n) is 11.5. The molecule has 1 saturated carbocycles. The van der Waals surface area contributed by atoms with Gasteiger partial charge in [0.15, 0.2) is 9.84 Å². The Hall–Kier alpha value is -0.130. The summed E-state index contributed by atoms with van der Waals surface area (Å²) in [5, 5.41) is -0.260. The van der Waals surface area contributed by atoms with Crippen molar-refractivity contribution in [1.82, 2.24) is 4.90 Å². The first-order valence-corrected chi connectivity index (χ1v) is 8.81. The number of hydrogen-bond acceptors (Lipinski definition) is 4. The van der Waals surface area contributed by atoms with Gasteiger partial charge in [0.2, 0.25) is 0 Å². The highest BCUT2D eigenvalue weighted by Crippen LogP contribution is 2.35. The average molecular weight is 274 g/mol. The Balaban J connectivity index is 1.86. The van der Waals surface area contributed by atoms with E-state index >= 15 is 0 Å². The van der Waals surface area contributed by atoms with Crippen molar-refractivity contribution in [2.45, 2.75) is 44.4 Å². The molecule has 106 valence electrons. The lowest BCUT2D eigenvalue weighted by molar-refractivity contribution is 0.259. The Morgan fingerprint density at radius 1 is 1.28 bits per heavy atom. The van der Waals surface area contributed by atoms with Crippen LogP contribution in [0.5, 0.6) is 0 Å². The van der Waals surface area contributed by atoms with Crippen LogP contribution < -0.4 is 5.73 Å². The van der Waals surface area contributed by atoms with Gasteiger partial charge in [0, 0.05) is 25.7 Å². The number of rotatable bonds is 4. The molecule has 0 aromatic carbocycles. The zero-order valence-corrected chi connectivity index (χ0v) is 12.3. The minimum absolute atomic E-state index is 0.260. The molecule has 18 heavy (non-hydrogen) atoms. The third kappa shape index (κ3) is 3.06. The fourth-order valence-electron chi connectivity index (χ4n) is 3.28. The number of fused-ring (bicyclic) bond motifs is 1. The van der Waals surface area contributed by atoms with Gasteiger partial charge in [0.25, 0.3) is 0 Å². The number of sulfone groups is 1. The number of nitrogens with zero attached hydrogens (tertiary/aromatic N) is 1. The fourth-order valence-corrected chi connectivity index (χ4v) is 4.27. The molecule has 2 aliphatic rings. The molecule has 3 unspecified atom stereocenters. The molecule has 1 aliphatic carbocycles. The summed E-state index contributed by atoms with van der Waals surface area (Å²) in [6, 6.07) is 0.329. The van der Waals surface area contributed by atoms with Gasteiger partial charge in [-0.2, -0.15) is 0 Å². The van der Waals surface area contributed by atoms with Crippen molar-refractivity contribution in [3.05, 3.63) is 0 Å². The Morgan fingerprint density at radius 3 is 2.61 bits per heavy atom. The minimum Gasteiger partial charge on any atom is -0.327 e. The summed E-state index contributed by atoms with van der Waals surface area (Å²) < 4.78 is 23.6. The second kappa shape index (κ2) is 5.47. The summed E-state index contributed by atoms with van der Waals surface area (Å²) in [4.78, 5) is 2.31. The van der Waals surface area contributed by atoms with Crippen LogP contribution in [-0.4, -0.2) is 50.0 Å². The normalized spacial score (nSPS) is 33.9. The van der Waals surface area contributed by atoms with Crippen molar-refractivity contribution in [3.63, 3.8) is 0 Å². The summed E-state index contributed by atoms with van der Waals surface area (Å²) in [7, 11) is -2.90. The maximum Gasteiger partial charge on any atom is 0.153 e. The van der Waals surface area contributed by atoms with E-state index in [1.807, 2.05) is 0 Å². The first kappa shape index (κ1) is 14.3. The molecule has 4 nitrogen and oxygen atoms in total. The smallest absolute Gasteiger partial charge is 0.153 e. The Bertz CT molecular complexity index is 380. The standard InChI is InChI=1S/C13H26N2O2S/c1-10(2)18(16,17)7-6-15-8-11-4-3-5-13(14)12(11)9-15/h10-13H,3-9,14H2,1-2H3. The molecule has 0 amide bonds. The predicted octanol–water partition coefficient (Wildman–Crippen LogP) is 0.869. The largest absolute Gasteiger partial charge is 0.327 e. The van der Waals surface area contributed by atoms with E-state index in [1.54, 1.807) is 13.8 Å². The fraction of sp³-hybridized carbons (Fsp3) is 1.00. The van der Waals surface area contributed by atoms with Gasteiger partial charge >= 0.3 is 0 Å². The van der Waals surface area contributed by atoms with Crippen LogP contribution in [0.3, 0.4) is 0 Å². The van der Waals surface area contributed by atoms with E-state index in [1.165, 1.54) is 12.8 Å². The second-order valence-corrected chi connectivity index (χ2v) is 8.87. The van der Waals surface area contributed by atoms with Gasteiger partial charge in [-0.1, -0.05) is 6.42 Å². The van der Waals surface area contributed by atoms with Crippen LogP contribution in [-0.2, 0) is 9.84 Å². The summed E-state index contributed by atoms with van der Waals surface area (Å²) >= 11 is 0. The lowest BCUT2D eigenvalue weighted by atomic mass is 9.78. The summed E-state index contributed by atoms with van der Waals surface area (Å²) in [6.07, 6.45) is 3.64. The molecule has 5 heteroatoms. The predicted molar refractivity (Wildman–Crippen MR) is 74.2 cm³/mol. The van der Waals surface area contributed by atoms with E-state index in [0.717, 1.165) is 19.5 Å². The van der Waals surface area contributed by atoms with Gasteiger partial charge in [0.1, 0.15) is 0 Å². The summed E-state index contributed by atoms with van der Waals surface area (Å²) in [5.41, 5.74) is 6.17. The summed E-state index contributed by atoms with van der Waals surface area (Å²) in [6.45, 7) is 6.25. The second-order valence-electron chi connectivity index (χ2n) is 6.19.